The fraction of sp³-hybridized carbons (Fsp3) is 0.429. The molecule has 0 saturated heterocycles. The van der Waals surface area contributed by atoms with Gasteiger partial charge in [0.05, 0.1) is 12.7 Å². The van der Waals surface area contributed by atoms with Crippen molar-refractivity contribution in [2.45, 2.75) is 32.0 Å². The molecule has 1 aliphatic carbocycles. The summed E-state index contributed by atoms with van der Waals surface area (Å²) in [5.41, 5.74) is 4.20. The van der Waals surface area contributed by atoms with Crippen LogP contribution in [-0.2, 0) is 24.2 Å². The van der Waals surface area contributed by atoms with Gasteiger partial charge in [0.2, 0.25) is 0 Å². The minimum atomic E-state index is 0.309. The van der Waals surface area contributed by atoms with Gasteiger partial charge in [0.25, 0.3) is 0 Å². The molecular weight excluding hydrogens is 362 g/mol. The molecule has 2 unspecified atom stereocenters. The minimum absolute atomic E-state index is 0.309. The van der Waals surface area contributed by atoms with Crippen molar-refractivity contribution in [1.82, 2.24) is 4.90 Å². The molecule has 2 atom stereocenters. The van der Waals surface area contributed by atoms with Crippen molar-refractivity contribution in [3.05, 3.63) is 69.7 Å². The summed E-state index contributed by atoms with van der Waals surface area (Å²) in [4.78, 5) is 2.27. The van der Waals surface area contributed by atoms with E-state index in [1.165, 1.54) is 23.1 Å². The van der Waals surface area contributed by atoms with Crippen LogP contribution in [0.3, 0.4) is 0 Å². The van der Waals surface area contributed by atoms with E-state index < -0.39 is 0 Å². The molecule has 2 aromatic rings. The lowest BCUT2D eigenvalue weighted by molar-refractivity contribution is -0.00777. The van der Waals surface area contributed by atoms with Gasteiger partial charge in [-0.2, -0.15) is 0 Å². The van der Waals surface area contributed by atoms with E-state index in [2.05, 4.69) is 83.5 Å². The van der Waals surface area contributed by atoms with Crippen LogP contribution in [0.4, 0.5) is 0 Å². The molecule has 0 aromatic heterocycles. The molecule has 128 valence electrons. The second kappa shape index (κ2) is 8.28. The first-order valence-corrected chi connectivity index (χ1v) is 9.48. The van der Waals surface area contributed by atoms with Crippen LogP contribution in [0.15, 0.2) is 53.0 Å². The molecule has 0 radical (unpaired) electrons. The number of hydrogen-bond donors (Lipinski definition) is 0. The van der Waals surface area contributed by atoms with Gasteiger partial charge in [0.1, 0.15) is 0 Å². The maximum Gasteiger partial charge on any atom is 0.0720 e. The third kappa shape index (κ3) is 4.69. The second-order valence-electron chi connectivity index (χ2n) is 7.00. The zero-order valence-electron chi connectivity index (χ0n) is 14.5. The van der Waals surface area contributed by atoms with Crippen LogP contribution >= 0.6 is 15.9 Å². The van der Waals surface area contributed by atoms with E-state index in [-0.39, 0.29) is 0 Å². The maximum atomic E-state index is 6.38. The monoisotopic (exact) mass is 387 g/mol. The van der Waals surface area contributed by atoms with E-state index in [9.17, 15) is 0 Å². The van der Waals surface area contributed by atoms with Crippen LogP contribution in [0.1, 0.15) is 23.1 Å². The summed E-state index contributed by atoms with van der Waals surface area (Å²) in [6.45, 7) is 1.81. The van der Waals surface area contributed by atoms with Crippen molar-refractivity contribution in [3.63, 3.8) is 0 Å². The summed E-state index contributed by atoms with van der Waals surface area (Å²) in [6, 6.07) is 17.3. The van der Waals surface area contributed by atoms with Gasteiger partial charge >= 0.3 is 0 Å². The molecule has 0 fully saturated rings. The summed E-state index contributed by atoms with van der Waals surface area (Å²) >= 11 is 3.49. The number of benzene rings is 2. The minimum Gasteiger partial charge on any atom is -0.373 e. The predicted molar refractivity (Wildman–Crippen MR) is 103 cm³/mol. The van der Waals surface area contributed by atoms with E-state index in [0.29, 0.717) is 18.6 Å². The van der Waals surface area contributed by atoms with Gasteiger partial charge in [-0.25, -0.2) is 0 Å². The maximum absolute atomic E-state index is 6.38. The van der Waals surface area contributed by atoms with Gasteiger partial charge in [-0.3, -0.25) is 0 Å². The number of fused-ring (bicyclic) bond motifs is 1. The van der Waals surface area contributed by atoms with Gasteiger partial charge in [0.15, 0.2) is 0 Å². The van der Waals surface area contributed by atoms with Crippen molar-refractivity contribution in [2.75, 3.05) is 20.6 Å². The average molecular weight is 388 g/mol. The Morgan fingerprint density at radius 3 is 2.33 bits per heavy atom. The molecule has 0 heterocycles. The molecule has 0 aliphatic heterocycles. The zero-order chi connectivity index (χ0) is 16.9. The molecule has 3 rings (SSSR count). The van der Waals surface area contributed by atoms with Crippen LogP contribution < -0.4 is 0 Å². The first-order valence-electron chi connectivity index (χ1n) is 8.69. The third-order valence-electron chi connectivity index (χ3n) is 4.87. The Kier molecular flexibility index (Phi) is 6.09. The molecule has 0 amide bonds. The van der Waals surface area contributed by atoms with E-state index >= 15 is 0 Å². The highest BCUT2D eigenvalue weighted by molar-refractivity contribution is 9.10. The van der Waals surface area contributed by atoms with Gasteiger partial charge in [-0.15, -0.1) is 0 Å². The summed E-state index contributed by atoms with van der Waals surface area (Å²) in [6.07, 6.45) is 3.66. The molecule has 1 aliphatic rings. The molecular formula is C21H26BrNO. The van der Waals surface area contributed by atoms with Crippen molar-refractivity contribution in [3.8, 4) is 0 Å². The average Bonchev–Trinajstić information content (AvgIpc) is 2.59. The van der Waals surface area contributed by atoms with Gasteiger partial charge in [-0.1, -0.05) is 52.3 Å². The Balaban J connectivity index is 1.68. The smallest absolute Gasteiger partial charge is 0.0720 e. The Bertz CT molecular complexity index is 653. The molecule has 2 aromatic carbocycles. The lowest BCUT2D eigenvalue weighted by atomic mass is 9.80. The van der Waals surface area contributed by atoms with Gasteiger partial charge < -0.3 is 9.64 Å². The fourth-order valence-corrected chi connectivity index (χ4v) is 3.71. The normalized spacial score (nSPS) is 20.2. The Labute approximate surface area is 154 Å². The molecule has 0 N–H and O–H groups in total. The lowest BCUT2D eigenvalue weighted by Crippen LogP contribution is -2.34. The van der Waals surface area contributed by atoms with Gasteiger partial charge in [0, 0.05) is 4.47 Å². The topological polar surface area (TPSA) is 12.5 Å². The molecule has 3 heteroatoms. The number of rotatable bonds is 6. The Morgan fingerprint density at radius 1 is 1.00 bits per heavy atom. The van der Waals surface area contributed by atoms with Crippen LogP contribution in [-0.4, -0.2) is 31.6 Å². The largest absolute Gasteiger partial charge is 0.373 e. The van der Waals surface area contributed by atoms with E-state index in [1.54, 1.807) is 0 Å². The Morgan fingerprint density at radius 2 is 1.67 bits per heavy atom. The van der Waals surface area contributed by atoms with Crippen LogP contribution in [0.5, 0.6) is 0 Å². The summed E-state index contributed by atoms with van der Waals surface area (Å²) in [7, 11) is 4.29. The highest BCUT2D eigenvalue weighted by Gasteiger charge is 2.28. The van der Waals surface area contributed by atoms with Crippen molar-refractivity contribution < 1.29 is 4.74 Å². The number of halogens is 1. The second-order valence-corrected chi connectivity index (χ2v) is 7.92. The lowest BCUT2D eigenvalue weighted by Gasteiger charge is -2.34. The highest BCUT2D eigenvalue weighted by atomic mass is 79.9. The van der Waals surface area contributed by atoms with E-state index in [0.717, 1.165) is 23.9 Å². The number of hydrogen-bond acceptors (Lipinski definition) is 2. The zero-order valence-corrected chi connectivity index (χ0v) is 16.1. The van der Waals surface area contributed by atoms with E-state index in [1.807, 2.05) is 0 Å². The fourth-order valence-electron chi connectivity index (χ4n) is 3.44. The number of nitrogens with zero attached hydrogens (tertiary/aromatic N) is 1. The predicted octanol–water partition coefficient (Wildman–Crippen LogP) is 4.70. The first-order chi connectivity index (χ1) is 11.6. The summed E-state index contributed by atoms with van der Waals surface area (Å²) < 4.78 is 7.49. The van der Waals surface area contributed by atoms with Crippen molar-refractivity contribution in [1.29, 1.82) is 0 Å². The van der Waals surface area contributed by atoms with Crippen molar-refractivity contribution in [2.24, 2.45) is 5.92 Å². The summed E-state index contributed by atoms with van der Waals surface area (Å²) in [5.74, 6) is 0.595. The standard InChI is InChI=1S/C21H26BrNO/c1-23(2)12-11-19-13-17-5-3-4-6-18(17)14-21(19)24-15-16-7-9-20(22)10-8-16/h3-10,19,21H,11-15H2,1-2H3. The quantitative estimate of drug-likeness (QED) is 0.711. The molecule has 0 saturated carbocycles. The molecule has 2 nitrogen and oxygen atoms in total. The van der Waals surface area contributed by atoms with Crippen LogP contribution in [0.25, 0.3) is 0 Å². The van der Waals surface area contributed by atoms with Crippen LogP contribution in [0.2, 0.25) is 0 Å². The highest BCUT2D eigenvalue weighted by Crippen LogP contribution is 2.30. The molecule has 24 heavy (non-hydrogen) atoms. The first kappa shape index (κ1) is 17.7. The molecule has 0 spiro atoms. The SMILES string of the molecule is CN(C)CCC1Cc2ccccc2CC1OCc1ccc(Br)cc1. The summed E-state index contributed by atoms with van der Waals surface area (Å²) in [5, 5.41) is 0. The molecule has 0 bridgehead atoms. The Hall–Kier alpha value is -1.16. The third-order valence-corrected chi connectivity index (χ3v) is 5.40. The van der Waals surface area contributed by atoms with Crippen molar-refractivity contribution >= 4 is 15.9 Å². The number of ether oxygens (including phenoxy) is 1. The van der Waals surface area contributed by atoms with E-state index in [4.69, 9.17) is 4.74 Å². The van der Waals surface area contributed by atoms with Crippen LogP contribution in [0, 0.1) is 5.92 Å². The van der Waals surface area contributed by atoms with Gasteiger partial charge in [-0.05, 0) is 74.6 Å².